The number of phosphoric ester groups is 1. The molecule has 21 heteroatoms. The Bertz CT molecular complexity index is 1860. The molecule has 6 heterocycles. The summed E-state index contributed by atoms with van der Waals surface area (Å²) in [5, 5.41) is 8.28. The fourth-order valence-corrected chi connectivity index (χ4v) is 6.62. The average molecular weight is 682 g/mol. The minimum absolute atomic E-state index is 0.0185. The number of ether oxygens (including phenoxy) is 5. The van der Waals surface area contributed by atoms with Crippen molar-refractivity contribution in [2.75, 3.05) is 33.2 Å². The van der Waals surface area contributed by atoms with E-state index >= 15 is 0 Å². The van der Waals surface area contributed by atoms with E-state index in [9.17, 15) is 23.8 Å². The van der Waals surface area contributed by atoms with Crippen molar-refractivity contribution in [3.8, 4) is 0 Å². The number of methoxy groups -OCH3 is 1. The first kappa shape index (κ1) is 33.3. The molecule has 0 saturated carbocycles. The number of rotatable bonds is 12. The van der Waals surface area contributed by atoms with Crippen molar-refractivity contribution < 1.29 is 42.2 Å². The fourth-order valence-electron chi connectivity index (χ4n) is 5.98. The zero-order valence-electron chi connectivity index (χ0n) is 25.8. The van der Waals surface area contributed by atoms with E-state index < -0.39 is 67.2 Å². The molecule has 47 heavy (non-hydrogen) atoms. The first-order valence-corrected chi connectivity index (χ1v) is 16.0. The van der Waals surface area contributed by atoms with E-state index in [4.69, 9.17) is 33.9 Å². The van der Waals surface area contributed by atoms with Gasteiger partial charge in [0.2, 0.25) is 0 Å². The number of nitrogens with zero attached hydrogens (tertiary/aromatic N) is 6. The van der Waals surface area contributed by atoms with Crippen LogP contribution in [0, 0.1) is 13.8 Å². The largest absolute Gasteiger partial charge is 0.756 e. The third kappa shape index (κ3) is 6.48. The molecule has 0 amide bonds. The van der Waals surface area contributed by atoms with Crippen LogP contribution in [0.2, 0.25) is 0 Å². The number of nitrogens with one attached hydrogen (secondary N) is 1. The van der Waals surface area contributed by atoms with Gasteiger partial charge in [-0.2, -0.15) is 4.98 Å². The minimum Gasteiger partial charge on any atom is -0.756 e. The predicted molar refractivity (Wildman–Crippen MR) is 155 cm³/mol. The Morgan fingerprint density at radius 2 is 1.94 bits per heavy atom. The standard InChI is InChI=1S/C26H35N8O12P/c1-13-6-34(24(36)28-21(13)27)23-19-20(26(45-23,11-40-3)12-43-19)42-10-15-8-32(31-30-15)9-17-16(46-47(38,39)41-4)5-18(44-17)33-7-14(2)22(35)29-25(33)37/h6-8,16-20,23H,5,9-12H2,1-4H3,(H,38,39)(H2,27,28,36)(H,29,35,37)/p-1/t16?,17-,18-,19+,20?,23-,26+/m1/s1. The maximum atomic E-state index is 12.7. The van der Waals surface area contributed by atoms with Crippen LogP contribution in [0.4, 0.5) is 5.82 Å². The lowest BCUT2D eigenvalue weighted by Gasteiger charge is -2.31. The smallest absolute Gasteiger partial charge is 0.351 e. The Morgan fingerprint density at radius 3 is 2.68 bits per heavy atom. The summed E-state index contributed by atoms with van der Waals surface area (Å²) in [5.74, 6) is 0.121. The summed E-state index contributed by atoms with van der Waals surface area (Å²) in [6, 6.07) is 0. The Morgan fingerprint density at radius 1 is 1.17 bits per heavy atom. The maximum absolute atomic E-state index is 12.7. The van der Waals surface area contributed by atoms with E-state index in [1.807, 2.05) is 0 Å². The number of phosphoric acid groups is 1. The number of aromatic nitrogens is 7. The molecule has 2 bridgehead atoms. The number of nitrogens with two attached hydrogens (primary N) is 1. The highest BCUT2D eigenvalue weighted by molar-refractivity contribution is 7.45. The first-order chi connectivity index (χ1) is 22.3. The van der Waals surface area contributed by atoms with Crippen molar-refractivity contribution in [2.24, 2.45) is 0 Å². The Hall–Kier alpha value is -3.59. The molecule has 0 spiro atoms. The molecule has 256 valence electrons. The Labute approximate surface area is 265 Å². The first-order valence-electron chi connectivity index (χ1n) is 14.5. The summed E-state index contributed by atoms with van der Waals surface area (Å²) < 4.78 is 55.8. The van der Waals surface area contributed by atoms with Crippen LogP contribution in [0.15, 0.2) is 33.0 Å². The fraction of sp³-hybridized carbons (Fsp3) is 0.615. The summed E-state index contributed by atoms with van der Waals surface area (Å²) in [7, 11) is -2.21. The van der Waals surface area contributed by atoms with Gasteiger partial charge in [0.15, 0.2) is 6.23 Å². The van der Waals surface area contributed by atoms with Gasteiger partial charge in [0.25, 0.3) is 13.4 Å². The molecule has 3 aliphatic heterocycles. The predicted octanol–water partition coefficient (Wildman–Crippen LogP) is -1.73. The summed E-state index contributed by atoms with van der Waals surface area (Å²) in [4.78, 5) is 55.2. The summed E-state index contributed by atoms with van der Waals surface area (Å²) in [5.41, 5.74) is 4.18. The highest BCUT2D eigenvalue weighted by Gasteiger charge is 2.63. The molecule has 3 saturated heterocycles. The molecule has 0 radical (unpaired) electrons. The van der Waals surface area contributed by atoms with Gasteiger partial charge in [0, 0.05) is 44.2 Å². The van der Waals surface area contributed by atoms with Crippen molar-refractivity contribution in [2.45, 2.75) is 75.9 Å². The molecule has 3 aliphatic rings. The van der Waals surface area contributed by atoms with Crippen LogP contribution in [0.1, 0.15) is 35.7 Å². The second-order valence-corrected chi connectivity index (χ2v) is 13.0. The van der Waals surface area contributed by atoms with Gasteiger partial charge in [-0.1, -0.05) is 5.21 Å². The zero-order chi connectivity index (χ0) is 33.7. The highest BCUT2D eigenvalue weighted by Crippen LogP contribution is 2.47. The molecule has 0 aromatic carbocycles. The monoisotopic (exact) mass is 681 g/mol. The summed E-state index contributed by atoms with van der Waals surface area (Å²) in [6.45, 7) is 3.49. The second-order valence-electron chi connectivity index (χ2n) is 11.6. The molecule has 3 N–H and O–H groups in total. The van der Waals surface area contributed by atoms with Gasteiger partial charge in [-0.25, -0.2) is 14.3 Å². The molecule has 3 fully saturated rings. The van der Waals surface area contributed by atoms with Crippen LogP contribution in [0.5, 0.6) is 0 Å². The highest BCUT2D eigenvalue weighted by atomic mass is 31.2. The quantitative estimate of drug-likeness (QED) is 0.201. The van der Waals surface area contributed by atoms with Gasteiger partial charge in [-0.15, -0.1) is 5.10 Å². The van der Waals surface area contributed by atoms with Crippen molar-refractivity contribution in [1.82, 2.24) is 34.1 Å². The minimum atomic E-state index is -4.69. The zero-order valence-corrected chi connectivity index (χ0v) is 26.7. The van der Waals surface area contributed by atoms with Crippen LogP contribution >= 0.6 is 7.82 Å². The third-order valence-electron chi connectivity index (χ3n) is 8.30. The van der Waals surface area contributed by atoms with Crippen LogP contribution in [0.25, 0.3) is 0 Å². The van der Waals surface area contributed by atoms with Crippen molar-refractivity contribution in [3.05, 3.63) is 66.7 Å². The van der Waals surface area contributed by atoms with E-state index in [-0.39, 0.29) is 44.2 Å². The van der Waals surface area contributed by atoms with Crippen LogP contribution in [-0.2, 0) is 50.4 Å². The number of aromatic amines is 1. The number of hydrogen-bond acceptors (Lipinski definition) is 16. The molecule has 3 aromatic heterocycles. The van der Waals surface area contributed by atoms with Gasteiger partial charge in [-0.05, 0) is 13.8 Å². The lowest BCUT2D eigenvalue weighted by atomic mass is 10.00. The lowest BCUT2D eigenvalue weighted by Crippen LogP contribution is -2.46. The Kier molecular flexibility index (Phi) is 9.07. The maximum Gasteiger partial charge on any atom is 0.351 e. The summed E-state index contributed by atoms with van der Waals surface area (Å²) >= 11 is 0. The van der Waals surface area contributed by atoms with Crippen LogP contribution in [0.3, 0.4) is 0 Å². The number of H-pyrrole nitrogens is 1. The number of fused-ring (bicyclic) bond motifs is 2. The van der Waals surface area contributed by atoms with Crippen molar-refractivity contribution >= 4 is 13.6 Å². The number of nitrogen functional groups attached to an aromatic ring is 1. The molecule has 20 nitrogen and oxygen atoms in total. The molecule has 8 atom stereocenters. The van der Waals surface area contributed by atoms with E-state index in [0.29, 0.717) is 11.3 Å². The van der Waals surface area contributed by atoms with Gasteiger partial charge in [0.1, 0.15) is 41.7 Å². The van der Waals surface area contributed by atoms with Crippen molar-refractivity contribution in [1.29, 1.82) is 0 Å². The molecule has 6 rings (SSSR count). The van der Waals surface area contributed by atoms with Crippen LogP contribution < -0.4 is 27.6 Å². The van der Waals surface area contributed by atoms with E-state index in [2.05, 4.69) is 24.8 Å². The van der Waals surface area contributed by atoms with Gasteiger partial charge >= 0.3 is 11.4 Å². The van der Waals surface area contributed by atoms with Crippen LogP contribution in [-0.4, -0.2) is 91.5 Å². The number of anilines is 1. The lowest BCUT2D eigenvalue weighted by molar-refractivity contribution is -0.228. The van der Waals surface area contributed by atoms with Gasteiger partial charge in [0.05, 0.1) is 38.7 Å². The molecular formula is C26H34N8O12P-. The molecular weight excluding hydrogens is 647 g/mol. The second kappa shape index (κ2) is 12.8. The third-order valence-corrected chi connectivity index (χ3v) is 9.27. The van der Waals surface area contributed by atoms with Gasteiger partial charge < -0.3 is 43.4 Å². The van der Waals surface area contributed by atoms with E-state index in [1.165, 1.54) is 29.5 Å². The topological polar surface area (TPSA) is 251 Å². The Balaban J connectivity index is 1.17. The molecule has 3 unspecified atom stereocenters. The normalized spacial score (nSPS) is 29.8. The molecule has 0 aliphatic carbocycles. The SMILES string of the molecule is COC[C@]12CO[C@@H](C1OCc1cn(C[C@H]3O[C@@H](n4cc(C)c(=O)[nH]c4=O)CC3OP(=O)([O-])OC)nn1)[C@H](n1cc(C)c(N)nc1=O)O2. The van der Waals surface area contributed by atoms with E-state index in [1.54, 1.807) is 19.3 Å². The van der Waals surface area contributed by atoms with Crippen molar-refractivity contribution in [3.63, 3.8) is 0 Å². The molecule has 3 aromatic rings. The number of aryl methyl sites for hydroxylation is 2. The average Bonchev–Trinajstić information content (AvgIpc) is 3.78. The summed E-state index contributed by atoms with van der Waals surface area (Å²) in [6.07, 6.45) is -0.681. The van der Waals surface area contributed by atoms with Gasteiger partial charge in [-0.3, -0.25) is 23.5 Å². The number of hydrogen-bond donors (Lipinski definition) is 2. The van der Waals surface area contributed by atoms with E-state index in [0.717, 1.165) is 11.7 Å².